The van der Waals surface area contributed by atoms with Crippen molar-refractivity contribution in [3.05, 3.63) is 16.6 Å². The van der Waals surface area contributed by atoms with Gasteiger partial charge in [-0.1, -0.05) is 0 Å². The van der Waals surface area contributed by atoms with E-state index in [0.717, 1.165) is 25.1 Å². The minimum absolute atomic E-state index is 0.0612. The number of rotatable bonds is 4. The molecule has 0 bridgehead atoms. The zero-order valence-corrected chi connectivity index (χ0v) is 15.0. The second-order valence-electron chi connectivity index (χ2n) is 6.91. The molecule has 2 heterocycles. The number of ether oxygens (including phenoxy) is 1. The topological polar surface area (TPSA) is 71.5 Å². The van der Waals surface area contributed by atoms with Crippen molar-refractivity contribution in [3.8, 4) is 0 Å². The molecule has 2 rings (SSSR count). The van der Waals surface area contributed by atoms with E-state index in [1.54, 1.807) is 26.3 Å². The number of thiazole rings is 1. The van der Waals surface area contributed by atoms with Crippen LogP contribution in [0.3, 0.4) is 0 Å². The van der Waals surface area contributed by atoms with Crippen LogP contribution in [0.2, 0.25) is 0 Å². The quantitative estimate of drug-likeness (QED) is 0.915. The van der Waals surface area contributed by atoms with E-state index in [4.69, 9.17) is 4.74 Å². The molecule has 1 aromatic heterocycles. The lowest BCUT2D eigenvalue weighted by Crippen LogP contribution is -2.51. The Bertz CT molecular complexity index is 539. The van der Waals surface area contributed by atoms with Crippen LogP contribution in [0.5, 0.6) is 0 Å². The number of nitrogens with zero attached hydrogens (tertiary/aromatic N) is 2. The SMILES string of the molecule is C[C@@H]1CCCN1C(=O)[C@H](Cc1cscn1)NC(=O)OC(C)(C)C. The number of nitrogens with one attached hydrogen (secondary N) is 1. The molecule has 7 heteroatoms. The summed E-state index contributed by atoms with van der Waals surface area (Å²) < 4.78 is 5.29. The van der Waals surface area contributed by atoms with Gasteiger partial charge in [0, 0.05) is 24.4 Å². The predicted octanol–water partition coefficient (Wildman–Crippen LogP) is 2.59. The highest BCUT2D eigenvalue weighted by Gasteiger charge is 2.33. The average Bonchev–Trinajstić information content (AvgIpc) is 3.06. The fourth-order valence-corrected chi connectivity index (χ4v) is 3.23. The second kappa shape index (κ2) is 7.29. The summed E-state index contributed by atoms with van der Waals surface area (Å²) in [5.74, 6) is -0.0612. The van der Waals surface area contributed by atoms with Crippen molar-refractivity contribution < 1.29 is 14.3 Å². The number of likely N-dealkylation sites (tertiary alicyclic amines) is 1. The van der Waals surface area contributed by atoms with Crippen molar-refractivity contribution in [2.75, 3.05) is 6.54 Å². The van der Waals surface area contributed by atoms with E-state index in [1.807, 2.05) is 17.2 Å². The maximum absolute atomic E-state index is 12.8. The molecule has 1 aromatic rings. The molecule has 2 amide bonds. The Morgan fingerprint density at radius 3 is 2.78 bits per heavy atom. The lowest BCUT2D eigenvalue weighted by Gasteiger charge is -2.28. The Hall–Kier alpha value is -1.63. The second-order valence-corrected chi connectivity index (χ2v) is 7.62. The summed E-state index contributed by atoms with van der Waals surface area (Å²) in [5, 5.41) is 4.61. The molecule has 0 aliphatic carbocycles. The van der Waals surface area contributed by atoms with Crippen molar-refractivity contribution >= 4 is 23.3 Å². The zero-order chi connectivity index (χ0) is 17.0. The maximum atomic E-state index is 12.8. The first-order valence-electron chi connectivity index (χ1n) is 7.93. The lowest BCUT2D eigenvalue weighted by atomic mass is 10.1. The summed E-state index contributed by atoms with van der Waals surface area (Å²) in [6.45, 7) is 8.17. The van der Waals surface area contributed by atoms with Crippen molar-refractivity contribution in [1.29, 1.82) is 0 Å². The molecular weight excluding hydrogens is 314 g/mol. The van der Waals surface area contributed by atoms with Crippen LogP contribution in [0.1, 0.15) is 46.2 Å². The van der Waals surface area contributed by atoms with E-state index in [1.165, 1.54) is 11.3 Å². The van der Waals surface area contributed by atoms with Gasteiger partial charge in [-0.2, -0.15) is 0 Å². The minimum Gasteiger partial charge on any atom is -0.444 e. The summed E-state index contributed by atoms with van der Waals surface area (Å²) >= 11 is 1.48. The number of alkyl carbamates (subject to hydrolysis) is 1. The molecule has 128 valence electrons. The van der Waals surface area contributed by atoms with Crippen LogP contribution in [-0.2, 0) is 16.0 Å². The van der Waals surface area contributed by atoms with Crippen LogP contribution in [0.25, 0.3) is 0 Å². The molecule has 1 N–H and O–H groups in total. The standard InChI is InChI=1S/C16H25N3O3S/c1-11-6-5-7-19(11)14(20)13(8-12-9-23-10-17-12)18-15(21)22-16(2,3)4/h9-11,13H,5-8H2,1-4H3,(H,18,21)/t11-,13+/m1/s1. The van der Waals surface area contributed by atoms with E-state index in [0.29, 0.717) is 6.42 Å². The molecule has 1 aliphatic rings. The van der Waals surface area contributed by atoms with E-state index >= 15 is 0 Å². The molecule has 0 unspecified atom stereocenters. The van der Waals surface area contributed by atoms with Gasteiger partial charge in [-0.25, -0.2) is 9.78 Å². The molecule has 0 aromatic carbocycles. The highest BCUT2D eigenvalue weighted by molar-refractivity contribution is 7.07. The Kier molecular flexibility index (Phi) is 5.62. The third-order valence-electron chi connectivity index (χ3n) is 3.72. The number of carbonyl (C=O) groups is 2. The van der Waals surface area contributed by atoms with Gasteiger partial charge in [0.05, 0.1) is 11.2 Å². The number of hydrogen-bond acceptors (Lipinski definition) is 5. The van der Waals surface area contributed by atoms with Crippen LogP contribution in [0.15, 0.2) is 10.9 Å². The first kappa shape index (κ1) is 17.7. The molecule has 0 saturated carbocycles. The number of hydrogen-bond donors (Lipinski definition) is 1. The number of carbonyl (C=O) groups excluding carboxylic acids is 2. The zero-order valence-electron chi connectivity index (χ0n) is 14.2. The Morgan fingerprint density at radius 2 is 2.26 bits per heavy atom. The molecule has 1 fully saturated rings. The Balaban J connectivity index is 2.08. The van der Waals surface area contributed by atoms with Crippen molar-refractivity contribution in [3.63, 3.8) is 0 Å². The highest BCUT2D eigenvalue weighted by Crippen LogP contribution is 2.19. The first-order chi connectivity index (χ1) is 10.8. The van der Waals surface area contributed by atoms with Gasteiger partial charge in [-0.05, 0) is 40.5 Å². The third kappa shape index (κ3) is 5.20. The van der Waals surface area contributed by atoms with Gasteiger partial charge in [0.15, 0.2) is 0 Å². The van der Waals surface area contributed by atoms with Crippen LogP contribution < -0.4 is 5.32 Å². The van der Waals surface area contributed by atoms with Crippen LogP contribution in [-0.4, -0.2) is 46.1 Å². The first-order valence-corrected chi connectivity index (χ1v) is 8.87. The summed E-state index contributed by atoms with van der Waals surface area (Å²) in [4.78, 5) is 31.0. The highest BCUT2D eigenvalue weighted by atomic mass is 32.1. The van der Waals surface area contributed by atoms with Gasteiger partial charge in [0.25, 0.3) is 0 Å². The molecule has 6 nitrogen and oxygen atoms in total. The van der Waals surface area contributed by atoms with E-state index in [9.17, 15) is 9.59 Å². The van der Waals surface area contributed by atoms with Crippen LogP contribution >= 0.6 is 11.3 Å². The van der Waals surface area contributed by atoms with E-state index in [2.05, 4.69) is 10.3 Å². The average molecular weight is 339 g/mol. The molecule has 0 spiro atoms. The maximum Gasteiger partial charge on any atom is 0.408 e. The Morgan fingerprint density at radius 1 is 1.52 bits per heavy atom. The summed E-state index contributed by atoms with van der Waals surface area (Å²) in [7, 11) is 0. The molecule has 23 heavy (non-hydrogen) atoms. The third-order valence-corrected chi connectivity index (χ3v) is 4.36. The fourth-order valence-electron chi connectivity index (χ4n) is 2.66. The van der Waals surface area contributed by atoms with Crippen molar-refractivity contribution in [2.24, 2.45) is 0 Å². The summed E-state index contributed by atoms with van der Waals surface area (Å²) in [6.07, 6.45) is 1.81. The Labute approximate surface area is 141 Å². The van der Waals surface area contributed by atoms with Crippen molar-refractivity contribution in [1.82, 2.24) is 15.2 Å². The van der Waals surface area contributed by atoms with E-state index < -0.39 is 17.7 Å². The van der Waals surface area contributed by atoms with Gasteiger partial charge in [0.1, 0.15) is 11.6 Å². The summed E-state index contributed by atoms with van der Waals surface area (Å²) in [6, 6.07) is -0.437. The largest absolute Gasteiger partial charge is 0.444 e. The molecule has 1 saturated heterocycles. The fraction of sp³-hybridized carbons (Fsp3) is 0.688. The molecular formula is C16H25N3O3S. The van der Waals surface area contributed by atoms with Gasteiger partial charge in [-0.15, -0.1) is 11.3 Å². The van der Waals surface area contributed by atoms with Gasteiger partial charge in [-0.3, -0.25) is 4.79 Å². The number of amides is 2. The van der Waals surface area contributed by atoms with E-state index in [-0.39, 0.29) is 11.9 Å². The lowest BCUT2D eigenvalue weighted by molar-refractivity contribution is -0.134. The normalized spacial score (nSPS) is 19.5. The van der Waals surface area contributed by atoms with Crippen LogP contribution in [0.4, 0.5) is 4.79 Å². The summed E-state index contributed by atoms with van der Waals surface area (Å²) in [5.41, 5.74) is 1.93. The van der Waals surface area contributed by atoms with Gasteiger partial charge < -0.3 is 15.0 Å². The monoisotopic (exact) mass is 339 g/mol. The van der Waals surface area contributed by atoms with Gasteiger partial charge in [0.2, 0.25) is 5.91 Å². The minimum atomic E-state index is -0.646. The van der Waals surface area contributed by atoms with Crippen molar-refractivity contribution in [2.45, 2.75) is 64.6 Å². The number of aromatic nitrogens is 1. The van der Waals surface area contributed by atoms with Gasteiger partial charge >= 0.3 is 6.09 Å². The molecule has 1 aliphatic heterocycles. The molecule has 0 radical (unpaired) electrons. The molecule has 2 atom stereocenters. The smallest absolute Gasteiger partial charge is 0.408 e. The predicted molar refractivity (Wildman–Crippen MR) is 89.4 cm³/mol. The van der Waals surface area contributed by atoms with Crippen LogP contribution in [0, 0.1) is 0 Å².